The van der Waals surface area contributed by atoms with Gasteiger partial charge in [0.25, 0.3) is 5.91 Å². The summed E-state index contributed by atoms with van der Waals surface area (Å²) in [6, 6.07) is 1.35. The van der Waals surface area contributed by atoms with Gasteiger partial charge in [0.05, 0.1) is 6.61 Å². The van der Waals surface area contributed by atoms with Crippen molar-refractivity contribution < 1.29 is 23.1 Å². The smallest absolute Gasteiger partial charge is 0.254 e. The van der Waals surface area contributed by atoms with Crippen molar-refractivity contribution in [2.45, 2.75) is 25.3 Å². The molecule has 0 saturated heterocycles. The molecule has 2 rings (SSSR count). The van der Waals surface area contributed by atoms with Gasteiger partial charge in [-0.05, 0) is 31.4 Å². The Morgan fingerprint density at radius 1 is 1.26 bits per heavy atom. The van der Waals surface area contributed by atoms with E-state index in [2.05, 4.69) is 0 Å². The van der Waals surface area contributed by atoms with E-state index in [1.165, 1.54) is 4.90 Å². The Morgan fingerprint density at radius 3 is 2.26 bits per heavy atom. The molecule has 3 nitrogen and oxygen atoms in total. The van der Waals surface area contributed by atoms with Gasteiger partial charge in [0.15, 0.2) is 17.5 Å². The van der Waals surface area contributed by atoms with E-state index < -0.39 is 23.4 Å². The van der Waals surface area contributed by atoms with Crippen LogP contribution in [0.2, 0.25) is 0 Å². The van der Waals surface area contributed by atoms with Crippen molar-refractivity contribution in [2.24, 2.45) is 0 Å². The van der Waals surface area contributed by atoms with Gasteiger partial charge in [0.1, 0.15) is 0 Å². The lowest BCUT2D eigenvalue weighted by Crippen LogP contribution is -2.45. The second-order valence-electron chi connectivity index (χ2n) is 4.56. The monoisotopic (exact) mass is 273 g/mol. The third kappa shape index (κ3) is 2.73. The van der Waals surface area contributed by atoms with E-state index in [0.717, 1.165) is 19.3 Å². The zero-order valence-electron chi connectivity index (χ0n) is 10.2. The zero-order valence-corrected chi connectivity index (χ0v) is 10.2. The van der Waals surface area contributed by atoms with Crippen LogP contribution < -0.4 is 0 Å². The molecule has 1 saturated carbocycles. The summed E-state index contributed by atoms with van der Waals surface area (Å²) in [6.07, 6.45) is 2.59. The van der Waals surface area contributed by atoms with Gasteiger partial charge in [-0.3, -0.25) is 4.79 Å². The molecule has 104 valence electrons. The number of carbonyl (C=O) groups is 1. The first-order valence-corrected chi connectivity index (χ1v) is 6.11. The van der Waals surface area contributed by atoms with Crippen LogP contribution in [-0.4, -0.2) is 35.1 Å². The number of halogens is 3. The SMILES string of the molecule is O=C(c1cc(F)c(F)c(F)c1)N(CCO)C1CCC1. The van der Waals surface area contributed by atoms with Crippen LogP contribution in [0.3, 0.4) is 0 Å². The van der Waals surface area contributed by atoms with Gasteiger partial charge in [-0.1, -0.05) is 0 Å². The number of amides is 1. The summed E-state index contributed by atoms with van der Waals surface area (Å²) in [4.78, 5) is 13.5. The maximum Gasteiger partial charge on any atom is 0.254 e. The van der Waals surface area contributed by atoms with E-state index in [0.29, 0.717) is 12.1 Å². The van der Waals surface area contributed by atoms with Crippen molar-refractivity contribution in [1.29, 1.82) is 0 Å². The summed E-state index contributed by atoms with van der Waals surface area (Å²) in [5.41, 5.74) is -0.239. The Bertz CT molecular complexity index is 466. The molecule has 0 radical (unpaired) electrons. The van der Waals surface area contributed by atoms with Crippen LogP contribution in [0.25, 0.3) is 0 Å². The number of nitrogens with zero attached hydrogens (tertiary/aromatic N) is 1. The number of hydrogen-bond donors (Lipinski definition) is 1. The predicted octanol–water partition coefficient (Wildman–Crippen LogP) is 2.09. The Balaban J connectivity index is 2.25. The molecule has 0 aromatic heterocycles. The minimum atomic E-state index is -1.59. The fourth-order valence-corrected chi connectivity index (χ4v) is 2.10. The molecule has 1 amide bonds. The first-order valence-electron chi connectivity index (χ1n) is 6.11. The lowest BCUT2D eigenvalue weighted by molar-refractivity contribution is 0.0524. The Morgan fingerprint density at radius 2 is 1.84 bits per heavy atom. The Labute approximate surface area is 108 Å². The van der Waals surface area contributed by atoms with Crippen LogP contribution in [0, 0.1) is 17.5 Å². The van der Waals surface area contributed by atoms with Crippen LogP contribution in [0.4, 0.5) is 13.2 Å². The van der Waals surface area contributed by atoms with Gasteiger partial charge < -0.3 is 10.0 Å². The third-order valence-electron chi connectivity index (χ3n) is 3.35. The molecule has 6 heteroatoms. The summed E-state index contributed by atoms with van der Waals surface area (Å²) in [7, 11) is 0. The second-order valence-corrected chi connectivity index (χ2v) is 4.56. The van der Waals surface area contributed by atoms with E-state index in [4.69, 9.17) is 5.11 Å². The number of carbonyl (C=O) groups excluding carboxylic acids is 1. The van der Waals surface area contributed by atoms with Gasteiger partial charge >= 0.3 is 0 Å². The lowest BCUT2D eigenvalue weighted by atomic mass is 9.91. The highest BCUT2D eigenvalue weighted by Crippen LogP contribution is 2.26. The highest BCUT2D eigenvalue weighted by molar-refractivity contribution is 5.94. The van der Waals surface area contributed by atoms with Crippen LogP contribution in [-0.2, 0) is 0 Å². The topological polar surface area (TPSA) is 40.5 Å². The van der Waals surface area contributed by atoms with E-state index in [-0.39, 0.29) is 24.8 Å². The Hall–Kier alpha value is -1.56. The molecule has 0 aliphatic heterocycles. The number of rotatable bonds is 4. The zero-order chi connectivity index (χ0) is 14.0. The molecule has 1 aromatic carbocycles. The minimum Gasteiger partial charge on any atom is -0.395 e. The van der Waals surface area contributed by atoms with Crippen molar-refractivity contribution >= 4 is 5.91 Å². The van der Waals surface area contributed by atoms with E-state index in [9.17, 15) is 18.0 Å². The molecule has 1 aliphatic carbocycles. The maximum absolute atomic E-state index is 13.1. The summed E-state index contributed by atoms with van der Waals surface area (Å²) >= 11 is 0. The van der Waals surface area contributed by atoms with E-state index >= 15 is 0 Å². The largest absolute Gasteiger partial charge is 0.395 e. The lowest BCUT2D eigenvalue weighted by Gasteiger charge is -2.37. The molecule has 0 spiro atoms. The van der Waals surface area contributed by atoms with Crippen molar-refractivity contribution in [3.63, 3.8) is 0 Å². The summed E-state index contributed by atoms with van der Waals surface area (Å²) in [5, 5.41) is 8.95. The number of aliphatic hydroxyl groups is 1. The highest BCUT2D eigenvalue weighted by atomic mass is 19.2. The normalized spacial score (nSPS) is 15.2. The molecule has 1 aliphatic rings. The number of benzene rings is 1. The first-order chi connectivity index (χ1) is 9.04. The number of hydrogen-bond acceptors (Lipinski definition) is 2. The maximum atomic E-state index is 13.1. The average molecular weight is 273 g/mol. The van der Waals surface area contributed by atoms with Crippen molar-refractivity contribution in [3.05, 3.63) is 35.1 Å². The predicted molar refractivity (Wildman–Crippen MR) is 62.1 cm³/mol. The van der Waals surface area contributed by atoms with Crippen LogP contribution >= 0.6 is 0 Å². The summed E-state index contributed by atoms with van der Waals surface area (Å²) < 4.78 is 39.1. The van der Waals surface area contributed by atoms with E-state index in [1.54, 1.807) is 0 Å². The Kier molecular flexibility index (Phi) is 4.09. The van der Waals surface area contributed by atoms with Crippen LogP contribution in [0.15, 0.2) is 12.1 Å². The second kappa shape index (κ2) is 5.61. The van der Waals surface area contributed by atoms with Gasteiger partial charge in [-0.25, -0.2) is 13.2 Å². The third-order valence-corrected chi connectivity index (χ3v) is 3.35. The molecule has 0 atom stereocenters. The molecular weight excluding hydrogens is 259 g/mol. The van der Waals surface area contributed by atoms with Crippen LogP contribution in [0.1, 0.15) is 29.6 Å². The molecule has 1 N–H and O–H groups in total. The molecule has 19 heavy (non-hydrogen) atoms. The summed E-state index contributed by atoms with van der Waals surface area (Å²) in [5.74, 6) is -4.95. The van der Waals surface area contributed by atoms with Gasteiger partial charge in [-0.2, -0.15) is 0 Å². The molecule has 1 aromatic rings. The quantitative estimate of drug-likeness (QED) is 0.853. The molecular formula is C13H14F3NO2. The standard InChI is InChI=1S/C13H14F3NO2/c14-10-6-8(7-11(15)12(10)16)13(19)17(4-5-18)9-2-1-3-9/h6-7,9,18H,1-5H2. The van der Waals surface area contributed by atoms with Crippen molar-refractivity contribution in [3.8, 4) is 0 Å². The fraction of sp³-hybridized carbons (Fsp3) is 0.462. The fourth-order valence-electron chi connectivity index (χ4n) is 2.10. The van der Waals surface area contributed by atoms with Gasteiger partial charge in [0, 0.05) is 18.2 Å². The molecule has 0 unspecified atom stereocenters. The van der Waals surface area contributed by atoms with Gasteiger partial charge in [0.2, 0.25) is 0 Å². The molecule has 1 fully saturated rings. The first kappa shape index (κ1) is 13.9. The van der Waals surface area contributed by atoms with Crippen molar-refractivity contribution in [1.82, 2.24) is 4.90 Å². The van der Waals surface area contributed by atoms with E-state index in [1.807, 2.05) is 0 Å². The highest BCUT2D eigenvalue weighted by Gasteiger charge is 2.29. The van der Waals surface area contributed by atoms with Crippen molar-refractivity contribution in [2.75, 3.05) is 13.2 Å². The van der Waals surface area contributed by atoms with Crippen LogP contribution in [0.5, 0.6) is 0 Å². The average Bonchev–Trinajstić information content (AvgIpc) is 2.31. The molecule has 0 bridgehead atoms. The molecule has 0 heterocycles. The minimum absolute atomic E-state index is 0.0178. The number of aliphatic hydroxyl groups excluding tert-OH is 1. The van der Waals surface area contributed by atoms with Gasteiger partial charge in [-0.15, -0.1) is 0 Å². The summed E-state index contributed by atoms with van der Waals surface area (Å²) in [6.45, 7) is -0.126.